The highest BCUT2D eigenvalue weighted by Gasteiger charge is 2.28. The Morgan fingerprint density at radius 1 is 1.04 bits per heavy atom. The second-order valence-corrected chi connectivity index (χ2v) is 8.39. The molecule has 1 aliphatic heterocycles. The molecule has 0 radical (unpaired) electrons. The molecule has 1 heterocycles. The average molecular weight is 325 g/mol. The number of carbonyl (C=O) groups excluding carboxylic acids is 1. The lowest BCUT2D eigenvalue weighted by atomic mass is 9.97. The monoisotopic (exact) mass is 324 g/mol. The predicted molar refractivity (Wildman–Crippen MR) is 94.6 cm³/mol. The average Bonchev–Trinajstić information content (AvgIpc) is 2.71. The zero-order valence-electron chi connectivity index (χ0n) is 15.6. The number of likely N-dealkylation sites (tertiary alicyclic amines) is 1. The molecule has 1 amide bonds. The van der Waals surface area contributed by atoms with E-state index in [9.17, 15) is 4.79 Å². The predicted octanol–water partition coefficient (Wildman–Crippen LogP) is 4.33. The van der Waals surface area contributed by atoms with E-state index in [1.807, 2.05) is 25.7 Å². The van der Waals surface area contributed by atoms with Crippen LogP contribution in [0.1, 0.15) is 79.1 Å². The van der Waals surface area contributed by atoms with Crippen molar-refractivity contribution < 1.29 is 9.53 Å². The van der Waals surface area contributed by atoms with E-state index in [1.165, 1.54) is 38.5 Å². The maximum Gasteiger partial charge on any atom is 0.410 e. The van der Waals surface area contributed by atoms with Gasteiger partial charge in [-0.1, -0.05) is 26.2 Å². The highest BCUT2D eigenvalue weighted by Crippen LogP contribution is 2.26. The molecule has 2 aliphatic rings. The molecule has 0 aromatic carbocycles. The van der Waals surface area contributed by atoms with E-state index in [0.717, 1.165) is 31.8 Å². The van der Waals surface area contributed by atoms with Crippen LogP contribution in [0.5, 0.6) is 0 Å². The van der Waals surface area contributed by atoms with Crippen molar-refractivity contribution in [3.05, 3.63) is 0 Å². The first-order chi connectivity index (χ1) is 10.9. The Morgan fingerprint density at radius 2 is 1.70 bits per heavy atom. The molecule has 23 heavy (non-hydrogen) atoms. The van der Waals surface area contributed by atoms with Crippen LogP contribution in [0.2, 0.25) is 0 Å². The SMILES string of the molecule is CCC1CCCC(NC2CCN(C(=O)OC(C)(C)C)CC2)CC1. The van der Waals surface area contributed by atoms with Crippen LogP contribution in [0.25, 0.3) is 0 Å². The summed E-state index contributed by atoms with van der Waals surface area (Å²) in [4.78, 5) is 14.0. The number of piperidine rings is 1. The van der Waals surface area contributed by atoms with Gasteiger partial charge in [0, 0.05) is 25.2 Å². The van der Waals surface area contributed by atoms with Crippen molar-refractivity contribution in [1.29, 1.82) is 0 Å². The van der Waals surface area contributed by atoms with Gasteiger partial charge in [-0.3, -0.25) is 0 Å². The van der Waals surface area contributed by atoms with E-state index in [4.69, 9.17) is 4.74 Å². The fourth-order valence-corrected chi connectivity index (χ4v) is 3.84. The summed E-state index contributed by atoms with van der Waals surface area (Å²) in [5.74, 6) is 0.941. The van der Waals surface area contributed by atoms with Crippen LogP contribution in [0.15, 0.2) is 0 Å². The number of hydrogen-bond donors (Lipinski definition) is 1. The van der Waals surface area contributed by atoms with Crippen molar-refractivity contribution in [2.24, 2.45) is 5.92 Å². The highest BCUT2D eigenvalue weighted by atomic mass is 16.6. The summed E-state index contributed by atoms with van der Waals surface area (Å²) < 4.78 is 5.47. The lowest BCUT2D eigenvalue weighted by Gasteiger charge is -2.35. The summed E-state index contributed by atoms with van der Waals surface area (Å²) in [6.45, 7) is 9.73. The second kappa shape index (κ2) is 8.36. The Balaban J connectivity index is 1.71. The third-order valence-corrected chi connectivity index (χ3v) is 5.28. The van der Waals surface area contributed by atoms with Crippen LogP contribution in [0.4, 0.5) is 4.79 Å². The van der Waals surface area contributed by atoms with Gasteiger partial charge in [-0.25, -0.2) is 4.79 Å². The standard InChI is InChI=1S/C19H36N2O2/c1-5-15-7-6-8-16(10-9-15)20-17-11-13-21(14-12-17)18(22)23-19(2,3)4/h15-17,20H,5-14H2,1-4H3. The van der Waals surface area contributed by atoms with Gasteiger partial charge in [0.2, 0.25) is 0 Å². The van der Waals surface area contributed by atoms with Gasteiger partial charge in [0.15, 0.2) is 0 Å². The molecule has 4 heteroatoms. The number of hydrogen-bond acceptors (Lipinski definition) is 3. The fourth-order valence-electron chi connectivity index (χ4n) is 3.84. The van der Waals surface area contributed by atoms with E-state index in [2.05, 4.69) is 12.2 Å². The van der Waals surface area contributed by atoms with E-state index >= 15 is 0 Å². The molecule has 1 saturated carbocycles. The summed E-state index contributed by atoms with van der Waals surface area (Å²) >= 11 is 0. The third kappa shape index (κ3) is 6.33. The third-order valence-electron chi connectivity index (χ3n) is 5.28. The Hall–Kier alpha value is -0.770. The molecule has 4 nitrogen and oxygen atoms in total. The molecule has 2 rings (SSSR count). The quantitative estimate of drug-likeness (QED) is 0.785. The van der Waals surface area contributed by atoms with Gasteiger partial charge in [-0.15, -0.1) is 0 Å². The Bertz CT molecular complexity index is 370. The molecule has 0 bridgehead atoms. The number of carbonyl (C=O) groups is 1. The normalized spacial score (nSPS) is 27.6. The summed E-state index contributed by atoms with van der Waals surface area (Å²) in [5.41, 5.74) is -0.400. The van der Waals surface area contributed by atoms with E-state index in [1.54, 1.807) is 0 Å². The van der Waals surface area contributed by atoms with Crippen molar-refractivity contribution in [1.82, 2.24) is 10.2 Å². The summed E-state index contributed by atoms with van der Waals surface area (Å²) in [7, 11) is 0. The Kier molecular flexibility index (Phi) is 6.75. The largest absolute Gasteiger partial charge is 0.444 e. The molecule has 0 aromatic rings. The molecule has 2 fully saturated rings. The number of ether oxygens (including phenoxy) is 1. The van der Waals surface area contributed by atoms with E-state index < -0.39 is 5.60 Å². The van der Waals surface area contributed by atoms with Crippen LogP contribution in [0, 0.1) is 5.92 Å². The van der Waals surface area contributed by atoms with Crippen molar-refractivity contribution in [2.75, 3.05) is 13.1 Å². The van der Waals surface area contributed by atoms with Crippen LogP contribution in [0.3, 0.4) is 0 Å². The minimum Gasteiger partial charge on any atom is -0.444 e. The molecule has 1 N–H and O–H groups in total. The smallest absolute Gasteiger partial charge is 0.410 e. The van der Waals surface area contributed by atoms with Crippen molar-refractivity contribution in [3.63, 3.8) is 0 Å². The van der Waals surface area contributed by atoms with Crippen LogP contribution in [-0.2, 0) is 4.74 Å². The summed E-state index contributed by atoms with van der Waals surface area (Å²) in [6, 6.07) is 1.25. The van der Waals surface area contributed by atoms with Gasteiger partial charge in [0.1, 0.15) is 5.60 Å². The molecule has 134 valence electrons. The Morgan fingerprint density at radius 3 is 2.30 bits per heavy atom. The van der Waals surface area contributed by atoms with E-state index in [-0.39, 0.29) is 6.09 Å². The summed E-state index contributed by atoms with van der Waals surface area (Å²) in [5, 5.41) is 3.87. The molecule has 0 spiro atoms. The first-order valence-electron chi connectivity index (χ1n) is 9.61. The minimum atomic E-state index is -0.400. The zero-order valence-corrected chi connectivity index (χ0v) is 15.6. The molecular formula is C19H36N2O2. The molecule has 0 aromatic heterocycles. The maximum atomic E-state index is 12.1. The van der Waals surface area contributed by atoms with Crippen molar-refractivity contribution in [2.45, 2.75) is 96.7 Å². The van der Waals surface area contributed by atoms with Crippen LogP contribution in [-0.4, -0.2) is 41.8 Å². The van der Waals surface area contributed by atoms with Gasteiger partial charge in [-0.05, 0) is 58.8 Å². The van der Waals surface area contributed by atoms with Gasteiger partial charge in [0.05, 0.1) is 0 Å². The topological polar surface area (TPSA) is 41.6 Å². The molecular weight excluding hydrogens is 288 g/mol. The van der Waals surface area contributed by atoms with Gasteiger partial charge >= 0.3 is 6.09 Å². The van der Waals surface area contributed by atoms with E-state index in [0.29, 0.717) is 12.1 Å². The highest BCUT2D eigenvalue weighted by molar-refractivity contribution is 5.68. The number of amides is 1. The van der Waals surface area contributed by atoms with Crippen molar-refractivity contribution in [3.8, 4) is 0 Å². The molecule has 2 unspecified atom stereocenters. The van der Waals surface area contributed by atoms with Crippen LogP contribution < -0.4 is 5.32 Å². The number of nitrogens with zero attached hydrogens (tertiary/aromatic N) is 1. The maximum absolute atomic E-state index is 12.1. The first kappa shape index (κ1) is 18.6. The second-order valence-electron chi connectivity index (χ2n) is 8.39. The number of rotatable bonds is 3. The zero-order chi connectivity index (χ0) is 16.9. The van der Waals surface area contributed by atoms with Gasteiger partial charge in [0.25, 0.3) is 0 Å². The molecule has 1 saturated heterocycles. The lowest BCUT2D eigenvalue weighted by molar-refractivity contribution is 0.0195. The summed E-state index contributed by atoms with van der Waals surface area (Å²) in [6.07, 6.45) is 10.1. The van der Waals surface area contributed by atoms with Crippen LogP contribution >= 0.6 is 0 Å². The fraction of sp³-hybridized carbons (Fsp3) is 0.947. The molecule has 2 atom stereocenters. The molecule has 1 aliphatic carbocycles. The first-order valence-corrected chi connectivity index (χ1v) is 9.61. The number of nitrogens with one attached hydrogen (secondary N) is 1. The van der Waals surface area contributed by atoms with Gasteiger partial charge < -0.3 is 15.0 Å². The Labute approximate surface area is 142 Å². The minimum absolute atomic E-state index is 0.156. The lowest BCUT2D eigenvalue weighted by Crippen LogP contribution is -2.48. The van der Waals surface area contributed by atoms with Crippen molar-refractivity contribution >= 4 is 6.09 Å². The van der Waals surface area contributed by atoms with Gasteiger partial charge in [-0.2, -0.15) is 0 Å².